The first-order valence-electron chi connectivity index (χ1n) is 6.48. The summed E-state index contributed by atoms with van der Waals surface area (Å²) in [5.41, 5.74) is 5.46. The van der Waals surface area contributed by atoms with Crippen molar-refractivity contribution in [3.63, 3.8) is 0 Å². The van der Waals surface area contributed by atoms with E-state index in [4.69, 9.17) is 10.6 Å². The Morgan fingerprint density at radius 3 is 3.10 bits per heavy atom. The monoisotopic (exact) mass is 306 g/mol. The van der Waals surface area contributed by atoms with Crippen molar-refractivity contribution in [1.82, 2.24) is 15.3 Å². The lowest BCUT2D eigenvalue weighted by Gasteiger charge is -2.15. The summed E-state index contributed by atoms with van der Waals surface area (Å²) in [5, 5.41) is 2.03. The van der Waals surface area contributed by atoms with Gasteiger partial charge in [-0.25, -0.2) is 10.8 Å². The summed E-state index contributed by atoms with van der Waals surface area (Å²) >= 11 is 1.59. The van der Waals surface area contributed by atoms with Crippen LogP contribution in [-0.2, 0) is 6.54 Å². The van der Waals surface area contributed by atoms with E-state index in [9.17, 15) is 4.79 Å². The first-order chi connectivity index (χ1) is 10.2. The fourth-order valence-corrected chi connectivity index (χ4v) is 2.35. The average molecular weight is 306 g/mol. The number of hydrogen-bond acceptors (Lipinski definition) is 6. The first-order valence-corrected chi connectivity index (χ1v) is 7.42. The van der Waals surface area contributed by atoms with Crippen LogP contribution in [0.3, 0.4) is 0 Å². The van der Waals surface area contributed by atoms with Gasteiger partial charge in [-0.3, -0.25) is 15.1 Å². The van der Waals surface area contributed by atoms with Crippen molar-refractivity contribution in [2.24, 2.45) is 5.84 Å². The van der Waals surface area contributed by atoms with E-state index in [1.165, 1.54) is 0 Å². The van der Waals surface area contributed by atoms with Crippen molar-refractivity contribution in [2.75, 3.05) is 20.2 Å². The number of hydrazine groups is 1. The molecule has 0 aliphatic heterocycles. The van der Waals surface area contributed by atoms with Gasteiger partial charge in [-0.1, -0.05) is 6.07 Å². The Kier molecular flexibility index (Phi) is 5.68. The molecule has 3 N–H and O–H groups in total. The number of aromatic nitrogens is 1. The lowest BCUT2D eigenvalue weighted by atomic mass is 10.2. The number of thiazole rings is 1. The Bertz CT molecular complexity index is 574. The zero-order valence-electron chi connectivity index (χ0n) is 11.8. The second kappa shape index (κ2) is 7.72. The molecule has 0 spiro atoms. The number of nitrogens with two attached hydrogens (primary N) is 1. The molecule has 0 unspecified atom stereocenters. The summed E-state index contributed by atoms with van der Waals surface area (Å²) < 4.78 is 5.65. The number of nitrogens with zero attached hydrogens (tertiary/aromatic N) is 2. The van der Waals surface area contributed by atoms with Gasteiger partial charge in [-0.05, 0) is 25.2 Å². The maximum atomic E-state index is 11.4. The fourth-order valence-electron chi connectivity index (χ4n) is 1.80. The van der Waals surface area contributed by atoms with E-state index in [1.54, 1.807) is 29.5 Å². The van der Waals surface area contributed by atoms with Crippen LogP contribution in [0.15, 0.2) is 35.2 Å². The van der Waals surface area contributed by atoms with Gasteiger partial charge in [0.25, 0.3) is 5.91 Å². The summed E-state index contributed by atoms with van der Waals surface area (Å²) in [6, 6.07) is 6.93. The van der Waals surface area contributed by atoms with Crippen molar-refractivity contribution in [3.8, 4) is 5.75 Å². The third kappa shape index (κ3) is 4.82. The van der Waals surface area contributed by atoms with Crippen LogP contribution in [0.2, 0.25) is 0 Å². The predicted molar refractivity (Wildman–Crippen MR) is 82.0 cm³/mol. The Morgan fingerprint density at radius 2 is 2.38 bits per heavy atom. The predicted octanol–water partition coefficient (Wildman–Crippen LogP) is 1.26. The van der Waals surface area contributed by atoms with Gasteiger partial charge in [0, 0.05) is 24.0 Å². The molecule has 1 aromatic carbocycles. The highest BCUT2D eigenvalue weighted by Gasteiger charge is 2.05. The maximum Gasteiger partial charge on any atom is 0.265 e. The van der Waals surface area contributed by atoms with E-state index in [0.717, 1.165) is 18.8 Å². The van der Waals surface area contributed by atoms with E-state index < -0.39 is 0 Å². The number of nitrogens with one attached hydrogen (secondary N) is 1. The smallest absolute Gasteiger partial charge is 0.265 e. The molecule has 2 aromatic rings. The zero-order valence-corrected chi connectivity index (χ0v) is 12.6. The molecule has 0 atom stereocenters. The molecule has 7 heteroatoms. The highest BCUT2D eigenvalue weighted by Crippen LogP contribution is 2.13. The van der Waals surface area contributed by atoms with Gasteiger partial charge in [0.05, 0.1) is 11.2 Å². The molecule has 0 saturated heterocycles. The number of carbonyl (C=O) groups excluding carboxylic acids is 1. The van der Waals surface area contributed by atoms with Crippen molar-refractivity contribution in [3.05, 3.63) is 46.4 Å². The van der Waals surface area contributed by atoms with Gasteiger partial charge in [-0.15, -0.1) is 11.3 Å². The van der Waals surface area contributed by atoms with E-state index in [2.05, 4.69) is 15.3 Å². The van der Waals surface area contributed by atoms with Crippen molar-refractivity contribution < 1.29 is 9.53 Å². The topological polar surface area (TPSA) is 80.5 Å². The van der Waals surface area contributed by atoms with Crippen LogP contribution >= 0.6 is 11.3 Å². The standard InChI is InChI=1S/C14H18N4O2S/c1-18(8-12-9-21-10-16-12)5-6-20-13-4-2-3-11(7-13)14(19)17-15/h2-4,7,9-10H,5-6,8,15H2,1H3,(H,17,19). The average Bonchev–Trinajstić information content (AvgIpc) is 2.99. The second-order valence-electron chi connectivity index (χ2n) is 4.57. The van der Waals surface area contributed by atoms with Crippen LogP contribution in [0.5, 0.6) is 5.75 Å². The van der Waals surface area contributed by atoms with Crippen LogP contribution in [-0.4, -0.2) is 36.0 Å². The summed E-state index contributed by atoms with van der Waals surface area (Å²) in [7, 11) is 2.01. The summed E-state index contributed by atoms with van der Waals surface area (Å²) in [6.45, 7) is 2.10. The molecule has 0 fully saturated rings. The minimum absolute atomic E-state index is 0.332. The van der Waals surface area contributed by atoms with Gasteiger partial charge >= 0.3 is 0 Å². The molecule has 21 heavy (non-hydrogen) atoms. The van der Waals surface area contributed by atoms with Crippen molar-refractivity contribution in [2.45, 2.75) is 6.54 Å². The number of benzene rings is 1. The molecule has 1 amide bonds. The van der Waals surface area contributed by atoms with Crippen molar-refractivity contribution in [1.29, 1.82) is 0 Å². The van der Waals surface area contributed by atoms with Crippen LogP contribution < -0.4 is 16.0 Å². The summed E-state index contributed by atoms with van der Waals surface area (Å²) in [6.07, 6.45) is 0. The molecular weight excluding hydrogens is 288 g/mol. The van der Waals surface area contributed by atoms with Gasteiger partial charge in [0.15, 0.2) is 0 Å². The maximum absolute atomic E-state index is 11.4. The molecule has 1 heterocycles. The molecule has 0 saturated carbocycles. The fraction of sp³-hybridized carbons (Fsp3) is 0.286. The minimum Gasteiger partial charge on any atom is -0.492 e. The zero-order chi connectivity index (χ0) is 15.1. The number of likely N-dealkylation sites (N-methyl/N-ethyl adjacent to an activating group) is 1. The second-order valence-corrected chi connectivity index (χ2v) is 5.29. The lowest BCUT2D eigenvalue weighted by Crippen LogP contribution is -2.30. The molecule has 112 valence electrons. The first kappa shape index (κ1) is 15.4. The quantitative estimate of drug-likeness (QED) is 0.457. The van der Waals surface area contributed by atoms with Gasteiger partial charge in [0.2, 0.25) is 0 Å². The highest BCUT2D eigenvalue weighted by atomic mass is 32.1. The number of nitrogen functional groups attached to an aromatic ring is 1. The minimum atomic E-state index is -0.332. The lowest BCUT2D eigenvalue weighted by molar-refractivity contribution is 0.0953. The Hall–Kier alpha value is -1.96. The number of rotatable bonds is 7. The number of ether oxygens (including phenoxy) is 1. The van der Waals surface area contributed by atoms with Crippen LogP contribution in [0, 0.1) is 0 Å². The Labute approximate surface area is 127 Å². The van der Waals surface area contributed by atoms with Crippen LogP contribution in [0.25, 0.3) is 0 Å². The largest absolute Gasteiger partial charge is 0.492 e. The third-order valence-electron chi connectivity index (χ3n) is 2.88. The highest BCUT2D eigenvalue weighted by molar-refractivity contribution is 7.07. The van der Waals surface area contributed by atoms with E-state index >= 15 is 0 Å². The normalized spacial score (nSPS) is 10.6. The Balaban J connectivity index is 1.79. The van der Waals surface area contributed by atoms with E-state index in [-0.39, 0.29) is 5.91 Å². The summed E-state index contributed by atoms with van der Waals surface area (Å²) in [5.74, 6) is 5.43. The molecule has 0 aliphatic carbocycles. The van der Waals surface area contributed by atoms with E-state index in [0.29, 0.717) is 17.9 Å². The number of carbonyl (C=O) groups is 1. The molecule has 2 rings (SSSR count). The number of hydrogen-bond donors (Lipinski definition) is 2. The molecule has 0 radical (unpaired) electrons. The van der Waals surface area contributed by atoms with E-state index in [1.807, 2.05) is 24.0 Å². The number of amides is 1. The molecule has 1 aromatic heterocycles. The van der Waals surface area contributed by atoms with Crippen molar-refractivity contribution >= 4 is 17.2 Å². The van der Waals surface area contributed by atoms with Gasteiger partial charge in [-0.2, -0.15) is 0 Å². The Morgan fingerprint density at radius 1 is 1.52 bits per heavy atom. The molecule has 6 nitrogen and oxygen atoms in total. The molecule has 0 aliphatic rings. The molecule has 0 bridgehead atoms. The van der Waals surface area contributed by atoms with Gasteiger partial charge in [0.1, 0.15) is 12.4 Å². The SMILES string of the molecule is CN(CCOc1cccc(C(=O)NN)c1)Cc1cscn1. The molecular formula is C14H18N4O2S. The van der Waals surface area contributed by atoms with Crippen LogP contribution in [0.4, 0.5) is 0 Å². The van der Waals surface area contributed by atoms with Crippen LogP contribution in [0.1, 0.15) is 16.1 Å². The van der Waals surface area contributed by atoms with Gasteiger partial charge < -0.3 is 4.74 Å². The summed E-state index contributed by atoms with van der Waals surface area (Å²) in [4.78, 5) is 17.8. The third-order valence-corrected chi connectivity index (χ3v) is 3.52.